The molecule has 0 bridgehead atoms. The van der Waals surface area contributed by atoms with E-state index in [4.69, 9.17) is 18.9 Å². The van der Waals surface area contributed by atoms with Gasteiger partial charge in [-0.25, -0.2) is 0 Å². The summed E-state index contributed by atoms with van der Waals surface area (Å²) in [7, 11) is 1.62. The highest BCUT2D eigenvalue weighted by atomic mass is 16.7. The summed E-state index contributed by atoms with van der Waals surface area (Å²) in [6, 6.07) is 12.7. The molecule has 1 heterocycles. The molecular weight excluding hydrogens is 334 g/mol. The number of carbonyl (C=O) groups is 1. The van der Waals surface area contributed by atoms with Crippen LogP contribution in [0.25, 0.3) is 6.08 Å². The van der Waals surface area contributed by atoms with Crippen LogP contribution in [0.1, 0.15) is 12.5 Å². The Morgan fingerprint density at radius 3 is 2.65 bits per heavy atom. The third-order valence-electron chi connectivity index (χ3n) is 3.77. The van der Waals surface area contributed by atoms with Crippen molar-refractivity contribution < 1.29 is 23.7 Å². The molecule has 6 nitrogen and oxygen atoms in total. The summed E-state index contributed by atoms with van der Waals surface area (Å²) in [5, 5.41) is 2.86. The Labute approximate surface area is 152 Å². The summed E-state index contributed by atoms with van der Waals surface area (Å²) in [6.45, 7) is 2.49. The number of fused-ring (bicyclic) bond motifs is 1. The largest absolute Gasteiger partial charge is 0.497 e. The molecule has 1 aliphatic heterocycles. The van der Waals surface area contributed by atoms with Gasteiger partial charge in [-0.3, -0.25) is 4.79 Å². The number of amides is 1. The van der Waals surface area contributed by atoms with E-state index in [0.29, 0.717) is 12.4 Å². The Hall–Kier alpha value is -3.15. The lowest BCUT2D eigenvalue weighted by molar-refractivity contribution is -0.117. The maximum absolute atomic E-state index is 12.0. The van der Waals surface area contributed by atoms with Gasteiger partial charge < -0.3 is 24.3 Å². The first-order valence-electron chi connectivity index (χ1n) is 8.29. The highest BCUT2D eigenvalue weighted by molar-refractivity contribution is 5.92. The molecule has 0 aromatic heterocycles. The van der Waals surface area contributed by atoms with Gasteiger partial charge in [0.05, 0.1) is 13.2 Å². The molecule has 0 aliphatic carbocycles. The van der Waals surface area contributed by atoms with Crippen molar-refractivity contribution in [3.8, 4) is 23.0 Å². The number of hydrogen-bond donors (Lipinski definition) is 1. The predicted octanol–water partition coefficient (Wildman–Crippen LogP) is 3.02. The average Bonchev–Trinajstić information content (AvgIpc) is 3.13. The van der Waals surface area contributed by atoms with Crippen LogP contribution >= 0.6 is 0 Å². The first-order chi connectivity index (χ1) is 12.6. The van der Waals surface area contributed by atoms with Gasteiger partial charge in [-0.05, 0) is 55.0 Å². The van der Waals surface area contributed by atoms with E-state index in [1.165, 1.54) is 6.08 Å². The number of ether oxygens (including phenoxy) is 4. The van der Waals surface area contributed by atoms with E-state index in [-0.39, 0.29) is 18.7 Å². The van der Waals surface area contributed by atoms with Crippen molar-refractivity contribution in [2.45, 2.75) is 13.0 Å². The Bertz CT molecular complexity index is 785. The fourth-order valence-electron chi connectivity index (χ4n) is 2.41. The van der Waals surface area contributed by atoms with Crippen molar-refractivity contribution >= 4 is 12.0 Å². The summed E-state index contributed by atoms with van der Waals surface area (Å²) in [4.78, 5) is 12.0. The van der Waals surface area contributed by atoms with E-state index in [2.05, 4.69) is 5.32 Å². The molecule has 136 valence electrons. The third kappa shape index (κ3) is 4.69. The SMILES string of the molecule is COc1ccc(OC[C@H](C)NC(=O)/C=C/c2ccc3c(c2)OCO3)cc1. The van der Waals surface area contributed by atoms with Gasteiger partial charge in [0.15, 0.2) is 11.5 Å². The van der Waals surface area contributed by atoms with Crippen LogP contribution in [0.3, 0.4) is 0 Å². The first-order valence-corrected chi connectivity index (χ1v) is 8.29. The van der Waals surface area contributed by atoms with Gasteiger partial charge in [0.1, 0.15) is 18.1 Å². The zero-order valence-corrected chi connectivity index (χ0v) is 14.7. The van der Waals surface area contributed by atoms with E-state index in [9.17, 15) is 4.79 Å². The number of hydrogen-bond acceptors (Lipinski definition) is 5. The van der Waals surface area contributed by atoms with Crippen molar-refractivity contribution in [3.05, 3.63) is 54.1 Å². The van der Waals surface area contributed by atoms with E-state index < -0.39 is 0 Å². The third-order valence-corrected chi connectivity index (χ3v) is 3.77. The molecule has 0 spiro atoms. The maximum atomic E-state index is 12.0. The van der Waals surface area contributed by atoms with Crippen molar-refractivity contribution in [1.29, 1.82) is 0 Å². The second-order valence-electron chi connectivity index (χ2n) is 5.84. The van der Waals surface area contributed by atoms with E-state index in [0.717, 1.165) is 22.8 Å². The molecule has 2 aromatic carbocycles. The topological polar surface area (TPSA) is 66.0 Å². The van der Waals surface area contributed by atoms with E-state index in [1.54, 1.807) is 13.2 Å². The molecule has 1 N–H and O–H groups in total. The minimum atomic E-state index is -0.187. The molecule has 0 saturated carbocycles. The molecule has 1 amide bonds. The van der Waals surface area contributed by atoms with Crippen LogP contribution in [-0.4, -0.2) is 32.5 Å². The monoisotopic (exact) mass is 355 g/mol. The number of nitrogens with one attached hydrogen (secondary N) is 1. The van der Waals surface area contributed by atoms with Gasteiger partial charge in [0.2, 0.25) is 12.7 Å². The highest BCUT2D eigenvalue weighted by Crippen LogP contribution is 2.32. The summed E-state index contributed by atoms with van der Waals surface area (Å²) in [5.74, 6) is 2.72. The van der Waals surface area contributed by atoms with Crippen molar-refractivity contribution in [2.75, 3.05) is 20.5 Å². The first kappa shape index (κ1) is 17.7. The Balaban J connectivity index is 1.46. The van der Waals surface area contributed by atoms with Gasteiger partial charge in [0.25, 0.3) is 0 Å². The normalized spacial score (nSPS) is 13.5. The average molecular weight is 355 g/mol. The van der Waals surface area contributed by atoms with Gasteiger partial charge in [-0.1, -0.05) is 6.07 Å². The predicted molar refractivity (Wildman–Crippen MR) is 97.7 cm³/mol. The summed E-state index contributed by atoms with van der Waals surface area (Å²) in [5.41, 5.74) is 0.867. The fourth-order valence-corrected chi connectivity index (χ4v) is 2.41. The van der Waals surface area contributed by atoms with Crippen molar-refractivity contribution in [2.24, 2.45) is 0 Å². The van der Waals surface area contributed by atoms with Gasteiger partial charge >= 0.3 is 0 Å². The molecule has 1 aliphatic rings. The second kappa shape index (κ2) is 8.29. The molecule has 2 aromatic rings. The molecule has 6 heteroatoms. The Kier molecular flexibility index (Phi) is 5.63. The van der Waals surface area contributed by atoms with Crippen LogP contribution in [-0.2, 0) is 4.79 Å². The van der Waals surface area contributed by atoms with E-state index >= 15 is 0 Å². The molecule has 26 heavy (non-hydrogen) atoms. The Morgan fingerprint density at radius 2 is 1.88 bits per heavy atom. The van der Waals surface area contributed by atoms with Gasteiger partial charge in [-0.15, -0.1) is 0 Å². The van der Waals surface area contributed by atoms with Crippen LogP contribution in [0.4, 0.5) is 0 Å². The zero-order valence-electron chi connectivity index (χ0n) is 14.7. The number of rotatable bonds is 7. The van der Waals surface area contributed by atoms with Crippen molar-refractivity contribution in [1.82, 2.24) is 5.32 Å². The van der Waals surface area contributed by atoms with E-state index in [1.807, 2.05) is 49.4 Å². The molecule has 3 rings (SSSR count). The second-order valence-corrected chi connectivity index (χ2v) is 5.84. The number of benzene rings is 2. The molecule has 1 atom stereocenters. The van der Waals surface area contributed by atoms with Crippen LogP contribution in [0.15, 0.2) is 48.5 Å². The minimum absolute atomic E-state index is 0.133. The fraction of sp³-hybridized carbons (Fsp3) is 0.250. The lowest BCUT2D eigenvalue weighted by Crippen LogP contribution is -2.35. The summed E-state index contributed by atoms with van der Waals surface area (Å²) in [6.07, 6.45) is 3.22. The number of carbonyl (C=O) groups excluding carboxylic acids is 1. The summed E-state index contributed by atoms with van der Waals surface area (Å²) < 4.78 is 21.3. The summed E-state index contributed by atoms with van der Waals surface area (Å²) >= 11 is 0. The Morgan fingerprint density at radius 1 is 1.15 bits per heavy atom. The van der Waals surface area contributed by atoms with Crippen molar-refractivity contribution in [3.63, 3.8) is 0 Å². The van der Waals surface area contributed by atoms with Crippen LogP contribution in [0.2, 0.25) is 0 Å². The molecule has 0 fully saturated rings. The van der Waals surface area contributed by atoms with Crippen LogP contribution in [0.5, 0.6) is 23.0 Å². The molecule has 0 saturated heterocycles. The van der Waals surface area contributed by atoms with Gasteiger partial charge in [-0.2, -0.15) is 0 Å². The lowest BCUT2D eigenvalue weighted by Gasteiger charge is -2.14. The van der Waals surface area contributed by atoms with Crippen LogP contribution < -0.4 is 24.3 Å². The highest BCUT2D eigenvalue weighted by Gasteiger charge is 2.12. The standard InChI is InChI=1S/C20H21NO5/c1-14(12-24-17-7-5-16(23-2)6-8-17)21-20(22)10-4-15-3-9-18-19(11-15)26-13-25-18/h3-11,14H,12-13H2,1-2H3,(H,21,22)/b10-4+/t14-/m0/s1. The van der Waals surface area contributed by atoms with Gasteiger partial charge in [0, 0.05) is 6.08 Å². The molecule has 0 unspecified atom stereocenters. The smallest absolute Gasteiger partial charge is 0.244 e. The minimum Gasteiger partial charge on any atom is -0.497 e. The molecule has 0 radical (unpaired) electrons. The maximum Gasteiger partial charge on any atom is 0.244 e. The quantitative estimate of drug-likeness (QED) is 0.774. The number of methoxy groups -OCH3 is 1. The lowest BCUT2D eigenvalue weighted by atomic mass is 10.2. The zero-order chi connectivity index (χ0) is 18.4. The molecular formula is C20H21NO5. The van der Waals surface area contributed by atoms with Crippen LogP contribution in [0, 0.1) is 0 Å².